The molecule has 22 heavy (non-hydrogen) atoms. The maximum absolute atomic E-state index is 12.4. The van der Waals surface area contributed by atoms with E-state index in [1.54, 1.807) is 11.3 Å². The van der Waals surface area contributed by atoms with Gasteiger partial charge in [0.05, 0.1) is 11.4 Å². The van der Waals surface area contributed by atoms with E-state index in [0.717, 1.165) is 42.2 Å². The molecule has 1 saturated heterocycles. The van der Waals surface area contributed by atoms with E-state index in [9.17, 15) is 9.59 Å². The van der Waals surface area contributed by atoms with Crippen LogP contribution in [0.2, 0.25) is 0 Å². The van der Waals surface area contributed by atoms with Crippen LogP contribution in [-0.2, 0) is 4.79 Å². The van der Waals surface area contributed by atoms with Crippen molar-refractivity contribution in [3.63, 3.8) is 0 Å². The molecule has 0 bridgehead atoms. The van der Waals surface area contributed by atoms with E-state index in [0.29, 0.717) is 19.6 Å². The fraction of sp³-hybridized carbons (Fsp3) is 0.625. The second-order valence-electron chi connectivity index (χ2n) is 5.68. The Morgan fingerprint density at radius 3 is 2.55 bits per heavy atom. The van der Waals surface area contributed by atoms with Gasteiger partial charge < -0.3 is 10.2 Å². The molecule has 0 spiro atoms. The predicted octanol–water partition coefficient (Wildman–Crippen LogP) is 1.73. The lowest BCUT2D eigenvalue weighted by molar-refractivity contribution is -0.122. The minimum absolute atomic E-state index is 0.0853. The molecule has 1 aromatic rings. The Bertz CT molecular complexity index is 507. The molecule has 6 heteroatoms. The molecule has 0 aliphatic carbocycles. The minimum Gasteiger partial charge on any atom is -0.355 e. The second-order valence-corrected chi connectivity index (χ2v) is 6.97. The Kier molecular flexibility index (Phi) is 6.39. The Labute approximate surface area is 136 Å². The first kappa shape index (κ1) is 17.0. The minimum atomic E-state index is 0.0853. The fourth-order valence-electron chi connectivity index (χ4n) is 2.48. The molecule has 0 radical (unpaired) electrons. The number of thiophene rings is 1. The summed E-state index contributed by atoms with van der Waals surface area (Å²) in [6.45, 7) is 8.22. The predicted molar refractivity (Wildman–Crippen MR) is 89.3 cm³/mol. The second kappa shape index (κ2) is 8.29. The van der Waals surface area contributed by atoms with Gasteiger partial charge in [-0.1, -0.05) is 13.3 Å². The molecular weight excluding hydrogens is 298 g/mol. The monoisotopic (exact) mass is 323 g/mol. The zero-order chi connectivity index (χ0) is 15.9. The molecule has 2 heterocycles. The van der Waals surface area contributed by atoms with E-state index in [1.807, 2.05) is 24.0 Å². The van der Waals surface area contributed by atoms with Crippen molar-refractivity contribution in [2.75, 3.05) is 39.3 Å². The fourth-order valence-corrected chi connectivity index (χ4v) is 3.31. The van der Waals surface area contributed by atoms with E-state index in [1.165, 1.54) is 0 Å². The van der Waals surface area contributed by atoms with Crippen molar-refractivity contribution in [2.24, 2.45) is 0 Å². The lowest BCUT2D eigenvalue weighted by Crippen LogP contribution is -2.51. The topological polar surface area (TPSA) is 52.7 Å². The van der Waals surface area contributed by atoms with Crippen LogP contribution in [0.4, 0.5) is 0 Å². The summed E-state index contributed by atoms with van der Waals surface area (Å²) in [7, 11) is 0. The van der Waals surface area contributed by atoms with Gasteiger partial charge in [0.1, 0.15) is 0 Å². The van der Waals surface area contributed by atoms with Crippen LogP contribution in [0.3, 0.4) is 0 Å². The largest absolute Gasteiger partial charge is 0.355 e. The van der Waals surface area contributed by atoms with Crippen molar-refractivity contribution >= 4 is 23.2 Å². The molecule has 1 N–H and O–H groups in total. The van der Waals surface area contributed by atoms with Crippen molar-refractivity contribution < 1.29 is 9.59 Å². The van der Waals surface area contributed by atoms with Gasteiger partial charge in [0.15, 0.2) is 0 Å². The Morgan fingerprint density at radius 2 is 1.95 bits per heavy atom. The zero-order valence-corrected chi connectivity index (χ0v) is 14.2. The van der Waals surface area contributed by atoms with Gasteiger partial charge in [-0.2, -0.15) is 0 Å². The molecule has 0 saturated carbocycles. The molecule has 1 aromatic heterocycles. The van der Waals surface area contributed by atoms with Crippen LogP contribution >= 0.6 is 11.3 Å². The first-order valence-corrected chi connectivity index (χ1v) is 8.76. The third-order valence-electron chi connectivity index (χ3n) is 3.83. The van der Waals surface area contributed by atoms with Crippen LogP contribution in [0.15, 0.2) is 12.1 Å². The van der Waals surface area contributed by atoms with Crippen molar-refractivity contribution in [2.45, 2.75) is 26.7 Å². The summed E-state index contributed by atoms with van der Waals surface area (Å²) in [6, 6.07) is 3.88. The van der Waals surface area contributed by atoms with Gasteiger partial charge >= 0.3 is 0 Å². The van der Waals surface area contributed by atoms with E-state index in [-0.39, 0.29) is 11.8 Å². The highest BCUT2D eigenvalue weighted by molar-refractivity contribution is 7.13. The summed E-state index contributed by atoms with van der Waals surface area (Å²) < 4.78 is 0. The molecule has 1 aliphatic rings. The van der Waals surface area contributed by atoms with Crippen LogP contribution in [0, 0.1) is 6.92 Å². The average molecular weight is 323 g/mol. The number of carbonyl (C=O) groups excluding carboxylic acids is 2. The number of nitrogens with zero attached hydrogens (tertiary/aromatic N) is 2. The molecule has 5 nitrogen and oxygen atoms in total. The van der Waals surface area contributed by atoms with Gasteiger partial charge in [0.2, 0.25) is 5.91 Å². The number of amides is 2. The molecule has 2 rings (SSSR count). The lowest BCUT2D eigenvalue weighted by atomic mass is 10.3. The number of rotatable bonds is 6. The van der Waals surface area contributed by atoms with Gasteiger partial charge in [-0.25, -0.2) is 0 Å². The third-order valence-corrected chi connectivity index (χ3v) is 4.82. The maximum atomic E-state index is 12.4. The summed E-state index contributed by atoms with van der Waals surface area (Å²) in [5, 5.41) is 2.93. The Morgan fingerprint density at radius 1 is 1.23 bits per heavy atom. The van der Waals surface area contributed by atoms with Crippen molar-refractivity contribution in [1.82, 2.24) is 15.1 Å². The molecule has 1 aliphatic heterocycles. The highest BCUT2D eigenvalue weighted by Gasteiger charge is 2.23. The number of aryl methyl sites for hydroxylation is 1. The van der Waals surface area contributed by atoms with Gasteiger partial charge in [0, 0.05) is 37.6 Å². The molecule has 0 aromatic carbocycles. The van der Waals surface area contributed by atoms with Gasteiger partial charge in [-0.3, -0.25) is 14.5 Å². The zero-order valence-electron chi connectivity index (χ0n) is 13.4. The van der Waals surface area contributed by atoms with E-state index in [4.69, 9.17) is 0 Å². The van der Waals surface area contributed by atoms with Crippen LogP contribution in [0.25, 0.3) is 0 Å². The van der Waals surface area contributed by atoms with Crippen LogP contribution in [0.1, 0.15) is 34.3 Å². The maximum Gasteiger partial charge on any atom is 0.264 e. The third kappa shape index (κ3) is 4.81. The van der Waals surface area contributed by atoms with E-state index < -0.39 is 0 Å². The van der Waals surface area contributed by atoms with Crippen LogP contribution in [-0.4, -0.2) is 60.9 Å². The summed E-state index contributed by atoms with van der Waals surface area (Å²) in [5.74, 6) is 0.201. The molecule has 2 amide bonds. The number of piperazine rings is 1. The SMILES string of the molecule is CCCCNC(=O)CN1CCN(C(=O)c2ccc(C)s2)CC1. The Balaban J connectivity index is 1.73. The molecule has 0 unspecified atom stereocenters. The number of hydrogen-bond acceptors (Lipinski definition) is 4. The van der Waals surface area contributed by atoms with Gasteiger partial charge in [-0.05, 0) is 25.5 Å². The van der Waals surface area contributed by atoms with Crippen molar-refractivity contribution in [3.05, 3.63) is 21.9 Å². The molecule has 0 atom stereocenters. The van der Waals surface area contributed by atoms with E-state index in [2.05, 4.69) is 17.1 Å². The average Bonchev–Trinajstić information content (AvgIpc) is 2.94. The summed E-state index contributed by atoms with van der Waals surface area (Å²) >= 11 is 1.54. The highest BCUT2D eigenvalue weighted by atomic mass is 32.1. The number of nitrogens with one attached hydrogen (secondary N) is 1. The summed E-state index contributed by atoms with van der Waals surface area (Å²) in [5.41, 5.74) is 0. The van der Waals surface area contributed by atoms with Crippen molar-refractivity contribution in [3.8, 4) is 0 Å². The van der Waals surface area contributed by atoms with Gasteiger partial charge in [0.25, 0.3) is 5.91 Å². The normalized spacial score (nSPS) is 15.8. The number of hydrogen-bond donors (Lipinski definition) is 1. The summed E-state index contributed by atoms with van der Waals surface area (Å²) in [4.78, 5) is 30.1. The Hall–Kier alpha value is -1.40. The van der Waals surface area contributed by atoms with E-state index >= 15 is 0 Å². The van der Waals surface area contributed by atoms with Crippen LogP contribution in [0.5, 0.6) is 0 Å². The van der Waals surface area contributed by atoms with Gasteiger partial charge in [-0.15, -0.1) is 11.3 Å². The highest BCUT2D eigenvalue weighted by Crippen LogP contribution is 2.18. The first-order valence-electron chi connectivity index (χ1n) is 7.95. The number of unbranched alkanes of at least 4 members (excludes halogenated alkanes) is 1. The standard InChI is InChI=1S/C16H25N3O2S/c1-3-4-7-17-15(20)12-18-8-10-19(11-9-18)16(21)14-6-5-13(2)22-14/h5-6H,3-4,7-12H2,1-2H3,(H,17,20). The molecule has 122 valence electrons. The lowest BCUT2D eigenvalue weighted by Gasteiger charge is -2.34. The first-order chi connectivity index (χ1) is 10.6. The van der Waals surface area contributed by atoms with Crippen LogP contribution < -0.4 is 5.32 Å². The smallest absolute Gasteiger partial charge is 0.264 e. The quantitative estimate of drug-likeness (QED) is 0.811. The molecular formula is C16H25N3O2S. The molecule has 1 fully saturated rings. The summed E-state index contributed by atoms with van der Waals surface area (Å²) in [6.07, 6.45) is 2.11. The number of carbonyl (C=O) groups is 2. The van der Waals surface area contributed by atoms with Crippen molar-refractivity contribution in [1.29, 1.82) is 0 Å².